The first-order valence-corrected chi connectivity index (χ1v) is 16.4. The highest BCUT2D eigenvalue weighted by molar-refractivity contribution is 7.90. The first-order valence-electron chi connectivity index (χ1n) is 14.5. The lowest BCUT2D eigenvalue weighted by Gasteiger charge is -2.26. The molecule has 3 aromatic rings. The number of sulfonamides is 1. The number of hydrogen-bond acceptors (Lipinski definition) is 6. The summed E-state index contributed by atoms with van der Waals surface area (Å²) in [5.74, 6) is -2.43. The molecular formula is C31H37ClF2N4O4S. The zero-order valence-electron chi connectivity index (χ0n) is 24.8. The number of ether oxygens (including phenoxy) is 1. The highest BCUT2D eigenvalue weighted by Gasteiger charge is 2.32. The number of benzene rings is 2. The molecule has 0 saturated heterocycles. The van der Waals surface area contributed by atoms with Crippen LogP contribution in [0.1, 0.15) is 84.9 Å². The van der Waals surface area contributed by atoms with Gasteiger partial charge in [0.25, 0.3) is 10.0 Å². The van der Waals surface area contributed by atoms with Crippen LogP contribution in [0.25, 0.3) is 0 Å². The minimum atomic E-state index is -4.19. The summed E-state index contributed by atoms with van der Waals surface area (Å²) in [6.07, 6.45) is 1.77. The highest BCUT2D eigenvalue weighted by atomic mass is 35.5. The van der Waals surface area contributed by atoms with Gasteiger partial charge >= 0.3 is 0 Å². The van der Waals surface area contributed by atoms with Crippen LogP contribution < -0.4 is 4.72 Å². The van der Waals surface area contributed by atoms with Crippen LogP contribution in [0.2, 0.25) is 5.02 Å². The van der Waals surface area contributed by atoms with Gasteiger partial charge in [0.1, 0.15) is 16.7 Å². The molecule has 1 atom stereocenters. The van der Waals surface area contributed by atoms with Crippen molar-refractivity contribution in [1.82, 2.24) is 19.4 Å². The monoisotopic (exact) mass is 634 g/mol. The molecule has 1 aliphatic heterocycles. The van der Waals surface area contributed by atoms with Crippen molar-refractivity contribution in [3.8, 4) is 0 Å². The fraction of sp³-hybridized carbons (Fsp3) is 0.484. The second kappa shape index (κ2) is 12.6. The average molecular weight is 635 g/mol. The molecule has 0 bridgehead atoms. The van der Waals surface area contributed by atoms with Gasteiger partial charge in [0.05, 0.1) is 25.3 Å². The molecular weight excluding hydrogens is 598 g/mol. The van der Waals surface area contributed by atoms with Crippen molar-refractivity contribution in [2.45, 2.75) is 75.9 Å². The second-order valence-corrected chi connectivity index (χ2v) is 13.8. The van der Waals surface area contributed by atoms with E-state index in [1.54, 1.807) is 11.8 Å². The Morgan fingerprint density at radius 1 is 1.14 bits per heavy atom. The first kappa shape index (κ1) is 31.6. The van der Waals surface area contributed by atoms with Crippen molar-refractivity contribution in [2.75, 3.05) is 26.8 Å². The van der Waals surface area contributed by atoms with Crippen LogP contribution in [0.5, 0.6) is 0 Å². The molecule has 12 heteroatoms. The molecule has 8 nitrogen and oxygen atoms in total. The normalized spacial score (nSPS) is 16.4. The maximum absolute atomic E-state index is 14.9. The number of amides is 1. The third-order valence-corrected chi connectivity index (χ3v) is 9.93. The summed E-state index contributed by atoms with van der Waals surface area (Å²) in [5, 5.41) is 3.55. The Morgan fingerprint density at radius 2 is 1.88 bits per heavy atom. The van der Waals surface area contributed by atoms with Crippen molar-refractivity contribution >= 4 is 27.5 Å². The lowest BCUT2D eigenvalue weighted by atomic mass is 9.83. The van der Waals surface area contributed by atoms with Gasteiger partial charge in [0, 0.05) is 38.7 Å². The van der Waals surface area contributed by atoms with Crippen LogP contribution in [0.3, 0.4) is 0 Å². The Kier molecular flexibility index (Phi) is 9.27. The number of nitrogens with zero attached hydrogens (tertiary/aromatic N) is 3. The van der Waals surface area contributed by atoms with E-state index in [0.29, 0.717) is 19.7 Å². The van der Waals surface area contributed by atoms with Crippen LogP contribution in [0.4, 0.5) is 8.78 Å². The molecule has 2 aromatic carbocycles. The number of hydrogen-bond donors (Lipinski definition) is 1. The van der Waals surface area contributed by atoms with Crippen molar-refractivity contribution in [3.05, 3.63) is 80.5 Å². The lowest BCUT2D eigenvalue weighted by Crippen LogP contribution is -2.36. The molecule has 1 amide bonds. The second-order valence-electron chi connectivity index (χ2n) is 11.8. The van der Waals surface area contributed by atoms with Crippen molar-refractivity contribution in [1.29, 1.82) is 0 Å². The quantitative estimate of drug-likeness (QED) is 0.281. The molecule has 0 spiro atoms. The predicted molar refractivity (Wildman–Crippen MR) is 160 cm³/mol. The van der Waals surface area contributed by atoms with Crippen LogP contribution in [-0.2, 0) is 39.1 Å². The molecule has 1 aromatic heterocycles. The Balaban J connectivity index is 1.39. The molecule has 1 saturated carbocycles. The largest absolute Gasteiger partial charge is 0.383 e. The average Bonchev–Trinajstić information content (AvgIpc) is 3.71. The summed E-state index contributed by atoms with van der Waals surface area (Å²) in [6.45, 7) is 8.95. The number of nitrogens with one attached hydrogen (secondary N) is 1. The van der Waals surface area contributed by atoms with Gasteiger partial charge in [-0.1, -0.05) is 50.6 Å². The Hall–Kier alpha value is -2.86. The van der Waals surface area contributed by atoms with Crippen molar-refractivity contribution < 1.29 is 26.7 Å². The van der Waals surface area contributed by atoms with E-state index >= 15 is 0 Å². The number of fused-ring (bicyclic) bond motifs is 1. The van der Waals surface area contributed by atoms with E-state index in [1.165, 1.54) is 12.1 Å². The number of methoxy groups -OCH3 is 1. The summed E-state index contributed by atoms with van der Waals surface area (Å²) in [7, 11) is -2.55. The molecule has 2 heterocycles. The molecule has 43 heavy (non-hydrogen) atoms. The molecule has 1 aliphatic carbocycles. The first-order chi connectivity index (χ1) is 20.4. The van der Waals surface area contributed by atoms with Gasteiger partial charge < -0.3 is 4.74 Å². The van der Waals surface area contributed by atoms with E-state index in [-0.39, 0.29) is 28.8 Å². The van der Waals surface area contributed by atoms with Crippen LogP contribution in [-0.4, -0.2) is 55.8 Å². The smallest absolute Gasteiger partial charge is 0.283 e. The maximum atomic E-state index is 14.9. The van der Waals surface area contributed by atoms with Gasteiger partial charge in [0.2, 0.25) is 5.91 Å². The molecule has 232 valence electrons. The van der Waals surface area contributed by atoms with Gasteiger partial charge in [0.15, 0.2) is 5.03 Å². The Bertz CT molecular complexity index is 1620. The zero-order valence-corrected chi connectivity index (χ0v) is 26.4. The van der Waals surface area contributed by atoms with E-state index in [4.69, 9.17) is 16.3 Å². The fourth-order valence-electron chi connectivity index (χ4n) is 5.76. The van der Waals surface area contributed by atoms with Gasteiger partial charge in [-0.2, -0.15) is 13.5 Å². The van der Waals surface area contributed by atoms with E-state index in [0.717, 1.165) is 59.9 Å². The molecule has 2 aliphatic rings. The lowest BCUT2D eigenvalue weighted by molar-refractivity contribution is -0.118. The summed E-state index contributed by atoms with van der Waals surface area (Å²) in [4.78, 5) is 15.5. The molecule has 0 radical (unpaired) electrons. The standard InChI is InChI=1S/C31H37ClF2N4O4S/c1-18(2)24-13-21(19(3)23-7-8-27(33)30(32)31(23)34)14-25(20-5-6-20)26(24)16-28(39)36-43(40,41)29-15-22-17-37(11-12-42-4)9-10-38(22)35-29/h7-8,13-15,18-20H,5-6,9-12,16-17H2,1-4H3,(H,36,39). The topological polar surface area (TPSA) is 93.5 Å². The third-order valence-electron chi connectivity index (χ3n) is 8.34. The van der Waals surface area contributed by atoms with Crippen LogP contribution >= 0.6 is 11.6 Å². The van der Waals surface area contributed by atoms with Gasteiger partial charge in [-0.15, -0.1) is 0 Å². The minimum Gasteiger partial charge on any atom is -0.383 e. The number of aromatic nitrogens is 2. The fourth-order valence-corrected chi connectivity index (χ4v) is 6.91. The highest BCUT2D eigenvalue weighted by Crippen LogP contribution is 2.45. The van der Waals surface area contributed by atoms with Crippen molar-refractivity contribution in [2.24, 2.45) is 0 Å². The van der Waals surface area contributed by atoms with Gasteiger partial charge in [-0.05, 0) is 58.6 Å². The summed E-state index contributed by atoms with van der Waals surface area (Å²) in [5.41, 5.74) is 4.51. The zero-order chi connectivity index (χ0) is 31.1. The Morgan fingerprint density at radius 3 is 2.56 bits per heavy atom. The van der Waals surface area contributed by atoms with E-state index < -0.39 is 38.5 Å². The van der Waals surface area contributed by atoms with E-state index in [2.05, 4.69) is 14.7 Å². The summed E-state index contributed by atoms with van der Waals surface area (Å²) >= 11 is 5.87. The van der Waals surface area contributed by atoms with Crippen molar-refractivity contribution in [3.63, 3.8) is 0 Å². The summed E-state index contributed by atoms with van der Waals surface area (Å²) < 4.78 is 64.2. The van der Waals surface area contributed by atoms with Gasteiger partial charge in [-0.25, -0.2) is 13.5 Å². The molecule has 1 fully saturated rings. The number of halogens is 3. The molecule has 1 unspecified atom stereocenters. The predicted octanol–water partition coefficient (Wildman–Crippen LogP) is 5.48. The van der Waals surface area contributed by atoms with Gasteiger partial charge in [-0.3, -0.25) is 14.4 Å². The minimum absolute atomic E-state index is 0.00614. The maximum Gasteiger partial charge on any atom is 0.283 e. The van der Waals surface area contributed by atoms with Crippen LogP contribution in [0, 0.1) is 11.6 Å². The van der Waals surface area contributed by atoms with Crippen LogP contribution in [0.15, 0.2) is 35.4 Å². The van der Waals surface area contributed by atoms with E-state index in [1.807, 2.05) is 32.9 Å². The number of carbonyl (C=O) groups is 1. The summed E-state index contributed by atoms with van der Waals surface area (Å²) in [6, 6.07) is 8.00. The third kappa shape index (κ3) is 6.79. The molecule has 1 N–H and O–H groups in total. The SMILES string of the molecule is COCCN1CCn2nc(S(=O)(=O)NC(=O)Cc3c(C(C)C)cc(C(C)c4ccc(F)c(Cl)c4F)cc3C3CC3)cc2C1. The Labute approximate surface area is 256 Å². The number of rotatable bonds is 11. The van der Waals surface area contributed by atoms with E-state index in [9.17, 15) is 22.0 Å². The number of carbonyl (C=O) groups excluding carboxylic acids is 1. The molecule has 5 rings (SSSR count).